The minimum Gasteiger partial charge on any atom is -0.478 e. The van der Waals surface area contributed by atoms with Gasteiger partial charge in [-0.25, -0.2) is 26.0 Å². The third kappa shape index (κ3) is 4.35. The predicted octanol–water partition coefficient (Wildman–Crippen LogP) is 3.58. The van der Waals surface area contributed by atoms with Gasteiger partial charge in [0.15, 0.2) is 9.84 Å². The van der Waals surface area contributed by atoms with Crippen molar-refractivity contribution in [2.45, 2.75) is 18.8 Å². The van der Waals surface area contributed by atoms with Crippen molar-refractivity contribution in [2.24, 2.45) is 0 Å². The van der Waals surface area contributed by atoms with Crippen molar-refractivity contribution >= 4 is 42.5 Å². The molecule has 0 amide bonds. The molecule has 170 valence electrons. The van der Waals surface area contributed by atoms with E-state index in [1.54, 1.807) is 6.07 Å². The largest absolute Gasteiger partial charge is 0.478 e. The van der Waals surface area contributed by atoms with Crippen LogP contribution in [0, 0.1) is 5.82 Å². The molecule has 1 heterocycles. The van der Waals surface area contributed by atoms with Crippen molar-refractivity contribution in [3.63, 3.8) is 0 Å². The van der Waals surface area contributed by atoms with Gasteiger partial charge in [0.25, 0.3) is 0 Å². The van der Waals surface area contributed by atoms with Crippen LogP contribution in [-0.4, -0.2) is 46.3 Å². The zero-order valence-corrected chi connectivity index (χ0v) is 18.8. The molecule has 2 aromatic carbocycles. The Bertz CT molecular complexity index is 1450. The molecule has 1 aromatic heterocycles. The van der Waals surface area contributed by atoms with Gasteiger partial charge < -0.3 is 9.52 Å². The lowest BCUT2D eigenvalue weighted by atomic mass is 10.0. The summed E-state index contributed by atoms with van der Waals surface area (Å²) in [5.41, 5.74) is 0.755. The number of sulfonamides is 1. The van der Waals surface area contributed by atoms with Gasteiger partial charge in [0, 0.05) is 23.3 Å². The van der Waals surface area contributed by atoms with Crippen LogP contribution in [0.1, 0.15) is 34.7 Å². The van der Waals surface area contributed by atoms with Crippen LogP contribution in [0.5, 0.6) is 0 Å². The lowest BCUT2D eigenvalue weighted by molar-refractivity contribution is 0.0699. The molecule has 0 atom stereocenters. The monoisotopic (exact) mass is 481 g/mol. The Morgan fingerprint density at radius 1 is 1.16 bits per heavy atom. The average Bonchev–Trinajstić information content (AvgIpc) is 3.43. The van der Waals surface area contributed by atoms with E-state index < -0.39 is 37.5 Å². The second kappa shape index (κ2) is 7.59. The molecule has 8 nitrogen and oxygen atoms in total. The fourth-order valence-corrected chi connectivity index (χ4v) is 6.11. The fraction of sp³-hybridized carbons (Fsp3) is 0.286. The van der Waals surface area contributed by atoms with E-state index in [9.17, 15) is 31.1 Å². The quantitative estimate of drug-likeness (QED) is 0.547. The SMILES string of the molecule is CS(=O)(=O)CN(c1cc2oc(-c3cccc(F)c3)c(C(=O)O)c2cc1C1CC1)S(C)(=O)=O. The molecule has 3 aromatic rings. The number of carboxylic acid groups (broad SMARTS) is 1. The molecule has 0 radical (unpaired) electrons. The number of sulfone groups is 1. The summed E-state index contributed by atoms with van der Waals surface area (Å²) >= 11 is 0. The van der Waals surface area contributed by atoms with Crippen molar-refractivity contribution in [2.75, 3.05) is 22.7 Å². The number of nitrogens with zero attached hydrogens (tertiary/aromatic N) is 1. The molecule has 4 rings (SSSR count). The second-order valence-corrected chi connectivity index (χ2v) is 12.0. The van der Waals surface area contributed by atoms with Crippen LogP contribution in [0.25, 0.3) is 22.3 Å². The molecular weight excluding hydrogens is 461 g/mol. The first-order valence-corrected chi connectivity index (χ1v) is 13.5. The van der Waals surface area contributed by atoms with Gasteiger partial charge in [0.05, 0.1) is 11.9 Å². The highest BCUT2D eigenvalue weighted by Crippen LogP contribution is 2.48. The number of benzene rings is 2. The number of carbonyl (C=O) groups is 1. The zero-order valence-electron chi connectivity index (χ0n) is 17.2. The molecule has 1 N–H and O–H groups in total. The Morgan fingerprint density at radius 3 is 2.38 bits per heavy atom. The number of halogens is 1. The molecule has 1 saturated carbocycles. The van der Waals surface area contributed by atoms with Gasteiger partial charge in [0.1, 0.15) is 28.6 Å². The number of hydrogen-bond donors (Lipinski definition) is 1. The van der Waals surface area contributed by atoms with E-state index in [1.165, 1.54) is 24.3 Å². The van der Waals surface area contributed by atoms with E-state index in [0.29, 0.717) is 5.56 Å². The van der Waals surface area contributed by atoms with E-state index in [4.69, 9.17) is 4.42 Å². The molecule has 0 saturated heterocycles. The van der Waals surface area contributed by atoms with Crippen molar-refractivity contribution in [1.82, 2.24) is 0 Å². The molecule has 1 fully saturated rings. The first-order valence-electron chi connectivity index (χ1n) is 9.60. The molecule has 1 aliphatic carbocycles. The van der Waals surface area contributed by atoms with Crippen LogP contribution in [0.2, 0.25) is 0 Å². The van der Waals surface area contributed by atoms with E-state index in [2.05, 4.69) is 0 Å². The average molecular weight is 482 g/mol. The molecule has 0 bridgehead atoms. The predicted molar refractivity (Wildman–Crippen MR) is 118 cm³/mol. The fourth-order valence-electron chi connectivity index (χ4n) is 3.69. The van der Waals surface area contributed by atoms with E-state index >= 15 is 0 Å². The van der Waals surface area contributed by atoms with Gasteiger partial charge in [0.2, 0.25) is 10.0 Å². The summed E-state index contributed by atoms with van der Waals surface area (Å²) in [6, 6.07) is 8.16. The summed E-state index contributed by atoms with van der Waals surface area (Å²) in [4.78, 5) is 12.1. The van der Waals surface area contributed by atoms with Crippen molar-refractivity contribution in [3.05, 3.63) is 53.3 Å². The van der Waals surface area contributed by atoms with Gasteiger partial charge >= 0.3 is 5.97 Å². The van der Waals surface area contributed by atoms with Crippen molar-refractivity contribution in [3.8, 4) is 11.3 Å². The molecule has 0 unspecified atom stereocenters. The van der Waals surface area contributed by atoms with Gasteiger partial charge in [-0.05, 0) is 42.5 Å². The van der Waals surface area contributed by atoms with Crippen LogP contribution < -0.4 is 4.31 Å². The molecular formula is C21H20FNO7S2. The van der Waals surface area contributed by atoms with Crippen LogP contribution in [-0.2, 0) is 19.9 Å². The standard InChI is InChI=1S/C21H20FNO7S2/c1-31(26,27)11-23(32(2,28)29)17-10-18-16(9-15(17)12-6-7-12)19(21(24)25)20(30-18)13-4-3-5-14(22)8-13/h3-5,8-10,12H,6-7,11H2,1-2H3,(H,24,25). The summed E-state index contributed by atoms with van der Waals surface area (Å²) in [6.45, 7) is 0. The van der Waals surface area contributed by atoms with Gasteiger partial charge in [-0.15, -0.1) is 0 Å². The third-order valence-electron chi connectivity index (χ3n) is 5.18. The van der Waals surface area contributed by atoms with Gasteiger partial charge in [-0.3, -0.25) is 4.31 Å². The number of aromatic carboxylic acids is 1. The lowest BCUT2D eigenvalue weighted by Gasteiger charge is -2.24. The number of furan rings is 1. The van der Waals surface area contributed by atoms with Gasteiger partial charge in [-0.1, -0.05) is 12.1 Å². The van der Waals surface area contributed by atoms with Gasteiger partial charge in [-0.2, -0.15) is 0 Å². The van der Waals surface area contributed by atoms with Crippen molar-refractivity contribution in [1.29, 1.82) is 0 Å². The highest BCUT2D eigenvalue weighted by molar-refractivity contribution is 7.95. The Labute approximate surface area is 184 Å². The second-order valence-electron chi connectivity index (χ2n) is 7.97. The Balaban J connectivity index is 2.02. The Morgan fingerprint density at radius 2 is 1.84 bits per heavy atom. The maximum absolute atomic E-state index is 13.8. The third-order valence-corrected chi connectivity index (χ3v) is 7.19. The number of rotatable bonds is 7. The molecule has 11 heteroatoms. The number of carboxylic acids is 1. The highest BCUT2D eigenvalue weighted by Gasteiger charge is 2.34. The summed E-state index contributed by atoms with van der Waals surface area (Å²) < 4.78 is 69.2. The normalized spacial score (nSPS) is 14.6. The Kier molecular flexibility index (Phi) is 5.29. The molecule has 0 aliphatic heterocycles. The molecule has 32 heavy (non-hydrogen) atoms. The summed E-state index contributed by atoms with van der Waals surface area (Å²) in [5, 5.41) is 10.1. The minimum atomic E-state index is -3.98. The number of hydrogen-bond acceptors (Lipinski definition) is 6. The zero-order chi connectivity index (χ0) is 23.4. The van der Waals surface area contributed by atoms with Crippen LogP contribution in [0.15, 0.2) is 40.8 Å². The van der Waals surface area contributed by atoms with E-state index in [1.807, 2.05) is 0 Å². The molecule has 0 spiro atoms. The summed E-state index contributed by atoms with van der Waals surface area (Å²) in [6.07, 6.45) is 3.35. The first kappa shape index (κ1) is 22.3. The Hall–Kier alpha value is -2.92. The van der Waals surface area contributed by atoms with Crippen molar-refractivity contribution < 1.29 is 35.5 Å². The number of fused-ring (bicyclic) bond motifs is 1. The summed E-state index contributed by atoms with van der Waals surface area (Å²) in [5.74, 6) is -2.73. The highest BCUT2D eigenvalue weighted by atomic mass is 32.2. The van der Waals surface area contributed by atoms with E-state index in [-0.39, 0.29) is 39.5 Å². The summed E-state index contributed by atoms with van der Waals surface area (Å²) in [7, 11) is -7.69. The maximum Gasteiger partial charge on any atom is 0.340 e. The smallest absolute Gasteiger partial charge is 0.340 e. The topological polar surface area (TPSA) is 122 Å². The molecule has 1 aliphatic rings. The maximum atomic E-state index is 13.8. The van der Waals surface area contributed by atoms with Crippen LogP contribution in [0.3, 0.4) is 0 Å². The lowest BCUT2D eigenvalue weighted by Crippen LogP contribution is -2.35. The van der Waals surface area contributed by atoms with Crippen LogP contribution >= 0.6 is 0 Å². The first-order chi connectivity index (χ1) is 14.8. The van der Waals surface area contributed by atoms with E-state index in [0.717, 1.165) is 35.7 Å². The minimum absolute atomic E-state index is 0.0348. The van der Waals surface area contributed by atoms with Crippen LogP contribution in [0.4, 0.5) is 10.1 Å². The number of anilines is 1.